The molecule has 0 spiro atoms. The van der Waals surface area contributed by atoms with Crippen LogP contribution in [0.4, 0.5) is 0 Å². The number of carbonyl (C=O) groups is 3. The lowest BCUT2D eigenvalue weighted by Gasteiger charge is -2.15. The molecule has 0 unspecified atom stereocenters. The molecule has 8 atom stereocenters. The van der Waals surface area contributed by atoms with Crippen molar-refractivity contribution in [3.8, 4) is 56.5 Å². The summed E-state index contributed by atoms with van der Waals surface area (Å²) in [5, 5.41) is 41.7. The second-order valence-corrected chi connectivity index (χ2v) is 22.7. The number of benzene rings is 6. The van der Waals surface area contributed by atoms with Gasteiger partial charge in [0.2, 0.25) is 0 Å². The summed E-state index contributed by atoms with van der Waals surface area (Å²) in [6, 6.07) is 40.6. The van der Waals surface area contributed by atoms with Crippen molar-refractivity contribution >= 4 is 63.1 Å². The summed E-state index contributed by atoms with van der Waals surface area (Å²) < 4.78 is 34.6. The Bertz CT molecular complexity index is 3560. The number of nitrogens with two attached hydrogens (primary N) is 1. The van der Waals surface area contributed by atoms with Gasteiger partial charge in [0, 0.05) is 62.1 Å². The minimum Gasteiger partial charge on any atom is -0.456 e. The third kappa shape index (κ3) is 16.0. The summed E-state index contributed by atoms with van der Waals surface area (Å²) in [7, 11) is 0. The highest BCUT2D eigenvalue weighted by atomic mass is 35.5. The molecular formula is C66H72Cl2N6O13. The van der Waals surface area contributed by atoms with E-state index in [1.165, 1.54) is 5.56 Å². The maximum Gasteiger partial charge on any atom is 0.295 e. The number of rotatable bonds is 24. The van der Waals surface area contributed by atoms with Crippen LogP contribution in [-0.2, 0) is 35.1 Å². The van der Waals surface area contributed by atoms with Crippen molar-refractivity contribution in [3.63, 3.8) is 0 Å². The number of fused-ring (bicyclic) bond motifs is 4. The van der Waals surface area contributed by atoms with E-state index >= 15 is 0 Å². The largest absolute Gasteiger partial charge is 0.456 e. The van der Waals surface area contributed by atoms with Gasteiger partial charge in [-0.05, 0) is 102 Å². The zero-order valence-electron chi connectivity index (χ0n) is 48.0. The van der Waals surface area contributed by atoms with E-state index in [0.29, 0.717) is 85.9 Å². The number of aliphatic hydroxyl groups excluding tert-OH is 4. The zero-order chi connectivity index (χ0) is 60.8. The number of hydrogen-bond donors (Lipinski definition) is 8. The first-order valence-electron chi connectivity index (χ1n) is 29.4. The second kappa shape index (κ2) is 30.3. The Hall–Kier alpha value is -6.95. The van der Waals surface area contributed by atoms with Crippen LogP contribution in [0.3, 0.4) is 0 Å². The molecule has 4 fully saturated rings. The number of aldehydes is 1. The molecule has 19 nitrogen and oxygen atoms in total. The fourth-order valence-corrected chi connectivity index (χ4v) is 11.5. The summed E-state index contributed by atoms with van der Waals surface area (Å²) in [5.74, 6) is 0.421. The van der Waals surface area contributed by atoms with E-state index in [4.69, 9.17) is 67.6 Å². The molecule has 0 radical (unpaired) electrons. The van der Waals surface area contributed by atoms with E-state index in [9.17, 15) is 24.6 Å². The Morgan fingerprint density at radius 1 is 0.563 bits per heavy atom. The van der Waals surface area contributed by atoms with Gasteiger partial charge in [-0.2, -0.15) is 9.97 Å². The van der Waals surface area contributed by atoms with Gasteiger partial charge in [0.25, 0.3) is 12.0 Å². The molecule has 12 rings (SSSR count). The molecule has 0 amide bonds. The van der Waals surface area contributed by atoms with E-state index in [2.05, 4.69) is 73.8 Å². The Morgan fingerprint density at radius 2 is 0.966 bits per heavy atom. The number of aliphatic hydroxyl groups is 4. The highest BCUT2D eigenvalue weighted by Crippen LogP contribution is 2.37. The molecule has 9 N–H and O–H groups in total. The summed E-state index contributed by atoms with van der Waals surface area (Å²) in [6.45, 7) is 3.44. The number of nitrogens with one attached hydrogen (secondary N) is 3. The number of nitrogens with zero attached hydrogens (tertiary/aromatic N) is 2. The zero-order valence-corrected chi connectivity index (χ0v) is 49.5. The average molecular weight is 1230 g/mol. The first-order chi connectivity index (χ1) is 42.4. The van der Waals surface area contributed by atoms with Gasteiger partial charge in [-0.25, -0.2) is 0 Å². The van der Waals surface area contributed by atoms with Crippen LogP contribution in [0.15, 0.2) is 121 Å². The molecule has 8 aromatic rings. The number of hydrogen-bond acceptors (Lipinski definition) is 17. The third-order valence-electron chi connectivity index (χ3n) is 15.7. The minimum atomic E-state index is -0.632. The first kappa shape index (κ1) is 63.1. The van der Waals surface area contributed by atoms with Gasteiger partial charge in [-0.3, -0.25) is 14.4 Å². The highest BCUT2D eigenvalue weighted by molar-refractivity contribution is 6.34. The molecule has 87 heavy (non-hydrogen) atoms. The van der Waals surface area contributed by atoms with E-state index in [-0.39, 0.29) is 74.6 Å². The fraction of sp³-hybridized carbons (Fsp3) is 0.379. The standard InChI is InChI=1S/C33H36ClN3O6.C26H21ClN2O5.C7H15NO2/c34-26-16-28-27(36-33(37-28)43-30-19-42-31-29(40)18-41-32(30)31)15-25(26)23-11-9-22(10-12-23)21-7-5-20(6-8-21)17-35-13-1-3-24(39)4-2-14-38;27-19-10-21-20(28-26(29-21)34-23-13-33-24-22(31)12-32-25(23)24)9-18(19)17-7-5-16(6-8-17)15-3-1-14(11-30)2-4-15;8-5-1-3-7(10)4-2-6-9/h5-12,15-16,29-32,35,38,40H,1-4,13-14,17-19H2,(H,36,37);1-11,22-25,31H,12-13H2,(H,28,29);9H,1-6,8H2/t29-,30-,31-,32-;22-,23-,24-,25-;/m11./s1. The van der Waals surface area contributed by atoms with Gasteiger partial charge < -0.3 is 69.9 Å². The third-order valence-corrected chi connectivity index (χ3v) is 16.3. The van der Waals surface area contributed by atoms with Crippen molar-refractivity contribution in [1.82, 2.24) is 25.3 Å². The lowest BCUT2D eigenvalue weighted by molar-refractivity contribution is -0.120. The Labute approximate surface area is 513 Å². The van der Waals surface area contributed by atoms with Crippen LogP contribution in [0.25, 0.3) is 66.6 Å². The molecule has 458 valence electrons. The van der Waals surface area contributed by atoms with Gasteiger partial charge in [0.05, 0.1) is 58.5 Å². The van der Waals surface area contributed by atoms with Crippen molar-refractivity contribution in [2.75, 3.05) is 52.7 Å². The predicted octanol–water partition coefficient (Wildman–Crippen LogP) is 9.00. The lowest BCUT2D eigenvalue weighted by Crippen LogP contribution is -2.34. The molecule has 2 aromatic heterocycles. The number of halogens is 2. The molecule has 0 bridgehead atoms. The number of imidazole rings is 2. The fourth-order valence-electron chi connectivity index (χ4n) is 10.9. The highest BCUT2D eigenvalue weighted by Gasteiger charge is 2.50. The summed E-state index contributed by atoms with van der Waals surface area (Å²) in [6.07, 6.45) is 2.33. The van der Waals surface area contributed by atoms with Crippen molar-refractivity contribution in [3.05, 3.63) is 142 Å². The summed E-state index contributed by atoms with van der Waals surface area (Å²) in [5.41, 5.74) is 18.0. The van der Waals surface area contributed by atoms with Crippen LogP contribution in [0.5, 0.6) is 12.0 Å². The van der Waals surface area contributed by atoms with Crippen LogP contribution >= 0.6 is 23.2 Å². The molecule has 6 heterocycles. The molecule has 0 aliphatic carbocycles. The smallest absolute Gasteiger partial charge is 0.295 e. The lowest BCUT2D eigenvalue weighted by atomic mass is 9.99. The minimum absolute atomic E-state index is 0.0702. The number of ketones is 2. The van der Waals surface area contributed by atoms with Gasteiger partial charge in [-0.1, -0.05) is 120 Å². The molecule has 4 aliphatic heterocycles. The van der Waals surface area contributed by atoms with Crippen molar-refractivity contribution < 1.29 is 63.2 Å². The summed E-state index contributed by atoms with van der Waals surface area (Å²) in [4.78, 5) is 48.9. The first-order valence-corrected chi connectivity index (χ1v) is 30.2. The number of aromatic amines is 2. The quantitative estimate of drug-likeness (QED) is 0.0207. The Balaban J connectivity index is 0.000000170. The molecular weight excluding hydrogens is 1160 g/mol. The predicted molar refractivity (Wildman–Crippen MR) is 331 cm³/mol. The van der Waals surface area contributed by atoms with E-state index < -0.39 is 12.2 Å². The van der Waals surface area contributed by atoms with E-state index in [1.54, 1.807) is 12.1 Å². The van der Waals surface area contributed by atoms with Crippen molar-refractivity contribution in [1.29, 1.82) is 0 Å². The van der Waals surface area contributed by atoms with Gasteiger partial charge in [-0.15, -0.1) is 0 Å². The number of aromatic nitrogens is 4. The van der Waals surface area contributed by atoms with Crippen LogP contribution in [-0.4, -0.2) is 160 Å². The van der Waals surface area contributed by atoms with Crippen molar-refractivity contribution in [2.45, 2.75) is 107 Å². The maximum atomic E-state index is 11.7. The van der Waals surface area contributed by atoms with Gasteiger partial charge >= 0.3 is 0 Å². The van der Waals surface area contributed by atoms with E-state index in [0.717, 1.165) is 98.8 Å². The van der Waals surface area contributed by atoms with Crippen molar-refractivity contribution in [2.24, 2.45) is 5.73 Å². The Morgan fingerprint density at radius 3 is 1.40 bits per heavy atom. The average Bonchev–Trinajstić information content (AvgIpc) is 3.66. The summed E-state index contributed by atoms with van der Waals surface area (Å²) >= 11 is 13.3. The number of carbonyl (C=O) groups excluding carboxylic acids is 3. The molecule has 21 heteroatoms. The van der Waals surface area contributed by atoms with Crippen LogP contribution in [0, 0.1) is 0 Å². The molecule has 6 aromatic carbocycles. The second-order valence-electron chi connectivity index (χ2n) is 21.9. The molecule has 4 saturated heterocycles. The monoisotopic (exact) mass is 1230 g/mol. The maximum absolute atomic E-state index is 11.7. The number of ether oxygens (including phenoxy) is 6. The van der Waals surface area contributed by atoms with Crippen LogP contribution < -0.4 is 20.5 Å². The number of H-pyrrole nitrogens is 2. The van der Waals surface area contributed by atoms with Gasteiger partial charge in [0.15, 0.2) is 12.2 Å². The topological polar surface area (TPSA) is 283 Å². The normalized spacial score (nSPS) is 21.0. The SMILES string of the molecule is NCCCC(=O)CCCO.O=C(CCCO)CCCNCc1ccc(-c2ccc(-c3cc4nc(O[C@@H]5CO[C@H]6[C@@H]5OC[C@H]6O)[nH]c4cc3Cl)cc2)cc1.O=Cc1ccc(-c2ccc(-c3cc4nc(O[C@@H]5CO[C@H]6[C@@H]5OC[C@H]6O)[nH]c4cc3Cl)cc2)cc1. The molecule has 4 aliphatic rings. The number of Topliss-reactive ketones (excluding diaryl/α,β-unsaturated/α-hetero) is 2. The van der Waals surface area contributed by atoms with Crippen LogP contribution in [0.1, 0.15) is 67.3 Å². The van der Waals surface area contributed by atoms with Crippen LogP contribution in [0.2, 0.25) is 10.0 Å². The van der Waals surface area contributed by atoms with E-state index in [1.807, 2.05) is 60.7 Å². The molecule has 0 saturated carbocycles. The Kier molecular flexibility index (Phi) is 22.0. The van der Waals surface area contributed by atoms with Gasteiger partial charge in [0.1, 0.15) is 54.5 Å².